The van der Waals surface area contributed by atoms with Gasteiger partial charge in [0.2, 0.25) is 0 Å². The van der Waals surface area contributed by atoms with E-state index in [1.165, 1.54) is 0 Å². The third-order valence-electron chi connectivity index (χ3n) is 4.82. The second-order valence-corrected chi connectivity index (χ2v) is 6.46. The van der Waals surface area contributed by atoms with Crippen LogP contribution in [-0.2, 0) is 4.79 Å². The number of nitrogens with one attached hydrogen (secondary N) is 2. The van der Waals surface area contributed by atoms with Crippen LogP contribution in [0.2, 0.25) is 0 Å². The number of fused-ring (bicyclic) bond motifs is 1. The van der Waals surface area contributed by atoms with E-state index < -0.39 is 23.3 Å². The van der Waals surface area contributed by atoms with E-state index in [0.717, 1.165) is 12.8 Å². The van der Waals surface area contributed by atoms with Crippen molar-refractivity contribution in [2.45, 2.75) is 38.1 Å². The van der Waals surface area contributed by atoms with Crippen LogP contribution in [0.25, 0.3) is 10.8 Å². The first-order valence-corrected chi connectivity index (χ1v) is 7.95. The average molecular weight is 329 g/mol. The van der Waals surface area contributed by atoms with Gasteiger partial charge in [-0.05, 0) is 25.8 Å². The first-order valence-electron chi connectivity index (χ1n) is 7.95. The number of rotatable bonds is 3. The summed E-state index contributed by atoms with van der Waals surface area (Å²) < 4.78 is 0. The molecule has 0 aliphatic heterocycles. The molecule has 0 spiro atoms. The number of amides is 1. The first kappa shape index (κ1) is 16.2. The Hall–Kier alpha value is -2.70. The third kappa shape index (κ3) is 2.77. The minimum absolute atomic E-state index is 0.0983. The van der Waals surface area contributed by atoms with Gasteiger partial charge in [-0.25, -0.2) is 5.10 Å². The molecule has 1 saturated carbocycles. The Labute approximate surface area is 138 Å². The highest BCUT2D eigenvalue weighted by molar-refractivity contribution is 6.05. The molecule has 1 fully saturated rings. The Kier molecular flexibility index (Phi) is 4.09. The molecule has 1 heterocycles. The normalized spacial score (nSPS) is 23.8. The number of carbonyl (C=O) groups excluding carboxylic acids is 1. The van der Waals surface area contributed by atoms with Crippen LogP contribution in [-0.4, -0.2) is 32.7 Å². The standard InChI is InChI=1S/C17H19N3O4/c1-17(9-5-4-8-12(17)16(23)24)18-15(22)13-10-6-2-3-7-11(10)14(21)20-19-13/h2-3,6-7,12H,4-5,8-9H2,1H3,(H,18,22)(H,20,21)(H,23,24). The summed E-state index contributed by atoms with van der Waals surface area (Å²) in [5.41, 5.74) is -1.10. The summed E-state index contributed by atoms with van der Waals surface area (Å²) in [6.45, 7) is 1.76. The van der Waals surface area contributed by atoms with Gasteiger partial charge in [0.05, 0.1) is 16.8 Å². The molecule has 1 aromatic heterocycles. The molecule has 1 aromatic carbocycles. The summed E-state index contributed by atoms with van der Waals surface area (Å²) in [5.74, 6) is -2.01. The maximum absolute atomic E-state index is 12.7. The van der Waals surface area contributed by atoms with Crippen molar-refractivity contribution >= 4 is 22.6 Å². The molecule has 7 heteroatoms. The van der Waals surface area contributed by atoms with E-state index in [2.05, 4.69) is 15.5 Å². The van der Waals surface area contributed by atoms with Gasteiger partial charge < -0.3 is 10.4 Å². The van der Waals surface area contributed by atoms with Crippen LogP contribution in [0.5, 0.6) is 0 Å². The number of hydrogen-bond donors (Lipinski definition) is 3. The second kappa shape index (κ2) is 6.07. The van der Waals surface area contributed by atoms with Crippen LogP contribution < -0.4 is 10.9 Å². The molecule has 1 aliphatic carbocycles. The van der Waals surface area contributed by atoms with Crippen molar-refractivity contribution in [3.63, 3.8) is 0 Å². The van der Waals surface area contributed by atoms with Crippen molar-refractivity contribution in [2.75, 3.05) is 0 Å². The highest BCUT2D eigenvalue weighted by Gasteiger charge is 2.42. The van der Waals surface area contributed by atoms with Gasteiger partial charge >= 0.3 is 5.97 Å². The van der Waals surface area contributed by atoms with Gasteiger partial charge in [-0.1, -0.05) is 31.0 Å². The minimum atomic E-state index is -0.906. The van der Waals surface area contributed by atoms with Crippen LogP contribution in [0, 0.1) is 5.92 Å². The van der Waals surface area contributed by atoms with Crippen molar-refractivity contribution in [3.05, 3.63) is 40.3 Å². The molecule has 1 aliphatic rings. The molecule has 7 nitrogen and oxygen atoms in total. The summed E-state index contributed by atoms with van der Waals surface area (Å²) in [6.07, 6.45) is 2.82. The molecule has 2 aromatic rings. The highest BCUT2D eigenvalue weighted by atomic mass is 16.4. The van der Waals surface area contributed by atoms with E-state index >= 15 is 0 Å². The largest absolute Gasteiger partial charge is 0.481 e. The minimum Gasteiger partial charge on any atom is -0.481 e. The molecule has 2 atom stereocenters. The number of carbonyl (C=O) groups is 2. The fourth-order valence-electron chi connectivity index (χ4n) is 3.49. The predicted octanol–water partition coefficient (Wildman–Crippen LogP) is 1.69. The number of aromatic nitrogens is 2. The molecular formula is C17H19N3O4. The maximum Gasteiger partial charge on any atom is 0.308 e. The number of aliphatic carboxylic acids is 1. The number of aromatic amines is 1. The SMILES string of the molecule is CC1(NC(=O)c2n[nH]c(=O)c3ccccc23)CCCCC1C(=O)O. The monoisotopic (exact) mass is 329 g/mol. The van der Waals surface area contributed by atoms with Crippen molar-refractivity contribution in [2.24, 2.45) is 5.92 Å². The van der Waals surface area contributed by atoms with Gasteiger partial charge in [-0.2, -0.15) is 5.10 Å². The highest BCUT2D eigenvalue weighted by Crippen LogP contribution is 2.34. The number of carboxylic acids is 1. The van der Waals surface area contributed by atoms with E-state index in [0.29, 0.717) is 23.6 Å². The lowest BCUT2D eigenvalue weighted by Crippen LogP contribution is -2.55. The van der Waals surface area contributed by atoms with Crippen molar-refractivity contribution < 1.29 is 14.7 Å². The molecule has 0 bridgehead atoms. The van der Waals surface area contributed by atoms with Crippen LogP contribution in [0.1, 0.15) is 43.1 Å². The fourth-order valence-corrected chi connectivity index (χ4v) is 3.49. The number of H-pyrrole nitrogens is 1. The van der Waals surface area contributed by atoms with Crippen molar-refractivity contribution in [1.82, 2.24) is 15.5 Å². The van der Waals surface area contributed by atoms with Gasteiger partial charge in [0, 0.05) is 5.39 Å². The number of hydrogen-bond acceptors (Lipinski definition) is 4. The molecule has 0 radical (unpaired) electrons. The van der Waals surface area contributed by atoms with E-state index in [1.54, 1.807) is 31.2 Å². The molecule has 0 saturated heterocycles. The molecule has 3 rings (SSSR count). The Morgan fingerprint density at radius 3 is 2.71 bits per heavy atom. The van der Waals surface area contributed by atoms with E-state index in [1.807, 2.05) is 0 Å². The van der Waals surface area contributed by atoms with Crippen LogP contribution in [0.4, 0.5) is 0 Å². The van der Waals surface area contributed by atoms with E-state index in [4.69, 9.17) is 0 Å². The lowest BCUT2D eigenvalue weighted by molar-refractivity contribution is -0.145. The van der Waals surface area contributed by atoms with Crippen molar-refractivity contribution in [1.29, 1.82) is 0 Å². The van der Waals surface area contributed by atoms with Gasteiger partial charge in [0.25, 0.3) is 11.5 Å². The lowest BCUT2D eigenvalue weighted by atomic mass is 9.74. The Bertz CT molecular complexity index is 860. The smallest absolute Gasteiger partial charge is 0.308 e. The van der Waals surface area contributed by atoms with Crippen LogP contribution in [0.3, 0.4) is 0 Å². The predicted molar refractivity (Wildman–Crippen MR) is 87.8 cm³/mol. The lowest BCUT2D eigenvalue weighted by Gasteiger charge is -2.39. The average Bonchev–Trinajstić information content (AvgIpc) is 2.55. The van der Waals surface area contributed by atoms with Gasteiger partial charge in [0.1, 0.15) is 0 Å². The summed E-state index contributed by atoms with van der Waals surface area (Å²) in [6, 6.07) is 6.71. The quantitative estimate of drug-likeness (QED) is 0.793. The number of carboxylic acid groups (broad SMARTS) is 1. The fraction of sp³-hybridized carbons (Fsp3) is 0.412. The molecule has 3 N–H and O–H groups in total. The summed E-state index contributed by atoms with van der Waals surface area (Å²) in [5, 5.41) is 19.3. The maximum atomic E-state index is 12.7. The zero-order valence-electron chi connectivity index (χ0n) is 13.3. The summed E-state index contributed by atoms with van der Waals surface area (Å²) in [7, 11) is 0. The second-order valence-electron chi connectivity index (χ2n) is 6.46. The van der Waals surface area contributed by atoms with Crippen LogP contribution >= 0.6 is 0 Å². The van der Waals surface area contributed by atoms with E-state index in [9.17, 15) is 19.5 Å². The Balaban J connectivity index is 1.97. The third-order valence-corrected chi connectivity index (χ3v) is 4.82. The zero-order valence-corrected chi connectivity index (χ0v) is 13.3. The van der Waals surface area contributed by atoms with Crippen LogP contribution in [0.15, 0.2) is 29.1 Å². The molecule has 1 amide bonds. The molecule has 126 valence electrons. The van der Waals surface area contributed by atoms with Gasteiger partial charge in [0.15, 0.2) is 5.69 Å². The molecular weight excluding hydrogens is 310 g/mol. The summed E-state index contributed by atoms with van der Waals surface area (Å²) in [4.78, 5) is 36.1. The molecule has 2 unspecified atom stereocenters. The Morgan fingerprint density at radius 1 is 1.29 bits per heavy atom. The zero-order chi connectivity index (χ0) is 17.3. The number of benzene rings is 1. The summed E-state index contributed by atoms with van der Waals surface area (Å²) >= 11 is 0. The van der Waals surface area contributed by atoms with E-state index in [-0.39, 0.29) is 11.3 Å². The van der Waals surface area contributed by atoms with Gasteiger partial charge in [-0.3, -0.25) is 14.4 Å². The first-order chi connectivity index (χ1) is 11.4. The van der Waals surface area contributed by atoms with Crippen molar-refractivity contribution in [3.8, 4) is 0 Å². The topological polar surface area (TPSA) is 112 Å². The molecule has 24 heavy (non-hydrogen) atoms. The number of nitrogens with zero attached hydrogens (tertiary/aromatic N) is 1. The van der Waals surface area contributed by atoms with Gasteiger partial charge in [-0.15, -0.1) is 0 Å². The Morgan fingerprint density at radius 2 is 2.00 bits per heavy atom.